The van der Waals surface area contributed by atoms with E-state index in [2.05, 4.69) is 20.9 Å². The number of hydrogen-bond donors (Lipinski definition) is 0. The largest absolute Gasteiger partial charge is 0.378 e. The van der Waals surface area contributed by atoms with Crippen LogP contribution in [0.15, 0.2) is 99.3 Å². The van der Waals surface area contributed by atoms with Gasteiger partial charge in [-0.3, -0.25) is 15.1 Å². The van der Waals surface area contributed by atoms with Crippen molar-refractivity contribution in [3.63, 3.8) is 0 Å². The van der Waals surface area contributed by atoms with Gasteiger partial charge in [0.15, 0.2) is 5.75 Å². The number of hydrogen-bond acceptors (Lipinski definition) is 6. The van der Waals surface area contributed by atoms with Crippen LogP contribution in [0.5, 0.6) is 5.75 Å². The second-order valence-electron chi connectivity index (χ2n) is 6.72. The molecular weight excluding hydrogens is 496 g/mol. The highest BCUT2D eigenvalue weighted by Gasteiger charge is 2.20. The molecule has 0 spiro atoms. The molecule has 0 N–H and O–H groups in total. The molecule has 0 aromatic heterocycles. The van der Waals surface area contributed by atoms with Gasteiger partial charge in [-0.25, -0.2) is 0 Å². The van der Waals surface area contributed by atoms with E-state index >= 15 is 0 Å². The highest BCUT2D eigenvalue weighted by Crippen LogP contribution is 2.30. The van der Waals surface area contributed by atoms with Crippen molar-refractivity contribution < 1.29 is 17.5 Å². The topological polar surface area (TPSA) is 98.9 Å². The van der Waals surface area contributed by atoms with Gasteiger partial charge in [-0.1, -0.05) is 46.3 Å². The van der Waals surface area contributed by atoms with E-state index < -0.39 is 15.0 Å². The van der Waals surface area contributed by atoms with Crippen LogP contribution in [0.3, 0.4) is 0 Å². The van der Waals surface area contributed by atoms with Crippen molar-refractivity contribution in [2.24, 2.45) is 4.99 Å². The SMILES string of the molecule is O=[N+]([O-])c1ccc(S(=O)(=O)Oc2ccc3ccccc3c2C=Nc2ccc(Br)cc2)cc1. The molecule has 0 radical (unpaired) electrons. The molecule has 0 fully saturated rings. The van der Waals surface area contributed by atoms with Crippen LogP contribution in [0.4, 0.5) is 11.4 Å². The lowest BCUT2D eigenvalue weighted by Gasteiger charge is -2.12. The third-order valence-electron chi connectivity index (χ3n) is 4.64. The first kappa shape index (κ1) is 21.7. The van der Waals surface area contributed by atoms with E-state index in [0.717, 1.165) is 39.5 Å². The molecule has 0 aliphatic carbocycles. The fourth-order valence-electron chi connectivity index (χ4n) is 3.05. The van der Waals surface area contributed by atoms with Crippen molar-refractivity contribution in [1.29, 1.82) is 0 Å². The zero-order valence-electron chi connectivity index (χ0n) is 16.4. The van der Waals surface area contributed by atoms with Crippen LogP contribution in [-0.2, 0) is 10.1 Å². The summed E-state index contributed by atoms with van der Waals surface area (Å²) in [5.74, 6) is 0.0999. The summed E-state index contributed by atoms with van der Waals surface area (Å²) in [7, 11) is -4.23. The molecule has 4 rings (SSSR count). The Bertz CT molecular complexity index is 1430. The number of rotatable bonds is 6. The molecule has 32 heavy (non-hydrogen) atoms. The molecule has 4 aromatic carbocycles. The molecule has 0 aliphatic heterocycles. The van der Waals surface area contributed by atoms with E-state index in [1.54, 1.807) is 18.3 Å². The molecule has 0 bridgehead atoms. The predicted octanol–water partition coefficient (Wildman–Crippen LogP) is 6.03. The summed E-state index contributed by atoms with van der Waals surface area (Å²) in [5.41, 5.74) is 0.971. The number of fused-ring (bicyclic) bond motifs is 1. The molecule has 160 valence electrons. The van der Waals surface area contributed by atoms with Crippen LogP contribution in [0.2, 0.25) is 0 Å². The van der Waals surface area contributed by atoms with E-state index in [4.69, 9.17) is 4.18 Å². The fourth-order valence-corrected chi connectivity index (χ4v) is 4.26. The first-order valence-corrected chi connectivity index (χ1v) is 11.5. The van der Waals surface area contributed by atoms with Crippen LogP contribution >= 0.6 is 15.9 Å². The van der Waals surface area contributed by atoms with Gasteiger partial charge in [0.25, 0.3) is 5.69 Å². The molecule has 9 heteroatoms. The number of nitro benzene ring substituents is 1. The summed E-state index contributed by atoms with van der Waals surface area (Å²) < 4.78 is 32.0. The normalized spacial score (nSPS) is 11.7. The number of halogens is 1. The molecule has 0 saturated heterocycles. The van der Waals surface area contributed by atoms with Gasteiger partial charge in [0.2, 0.25) is 0 Å². The van der Waals surface area contributed by atoms with Crippen molar-refractivity contribution in [1.82, 2.24) is 0 Å². The Morgan fingerprint density at radius 2 is 1.59 bits per heavy atom. The van der Waals surface area contributed by atoms with Crippen molar-refractivity contribution in [2.45, 2.75) is 4.90 Å². The van der Waals surface area contributed by atoms with E-state index in [0.29, 0.717) is 11.3 Å². The van der Waals surface area contributed by atoms with Gasteiger partial charge >= 0.3 is 10.1 Å². The van der Waals surface area contributed by atoms with Crippen LogP contribution in [0.25, 0.3) is 10.8 Å². The first-order chi connectivity index (χ1) is 15.3. The Kier molecular flexibility index (Phi) is 6.02. The molecule has 0 unspecified atom stereocenters. The molecule has 4 aromatic rings. The highest BCUT2D eigenvalue weighted by atomic mass is 79.9. The maximum Gasteiger partial charge on any atom is 0.339 e. The van der Waals surface area contributed by atoms with Crippen molar-refractivity contribution >= 4 is 54.4 Å². The molecule has 0 saturated carbocycles. The second kappa shape index (κ2) is 8.89. The van der Waals surface area contributed by atoms with Gasteiger partial charge in [-0.15, -0.1) is 0 Å². The Morgan fingerprint density at radius 1 is 0.906 bits per heavy atom. The van der Waals surface area contributed by atoms with Crippen molar-refractivity contribution in [2.75, 3.05) is 0 Å². The third kappa shape index (κ3) is 4.68. The maximum atomic E-state index is 12.8. The molecule has 7 nitrogen and oxygen atoms in total. The number of aliphatic imine (C=N–C) groups is 1. The monoisotopic (exact) mass is 510 g/mol. The predicted molar refractivity (Wildman–Crippen MR) is 126 cm³/mol. The molecule has 0 heterocycles. The van der Waals surface area contributed by atoms with Gasteiger partial charge < -0.3 is 4.18 Å². The zero-order chi connectivity index (χ0) is 22.7. The van der Waals surface area contributed by atoms with Gasteiger partial charge in [0.1, 0.15) is 4.90 Å². The van der Waals surface area contributed by atoms with E-state index in [-0.39, 0.29) is 16.3 Å². The lowest BCUT2D eigenvalue weighted by molar-refractivity contribution is -0.384. The smallest absolute Gasteiger partial charge is 0.339 e. The molecular formula is C23H15BrN2O5S. The summed E-state index contributed by atoms with van der Waals surface area (Å²) in [4.78, 5) is 14.5. The van der Waals surface area contributed by atoms with Crippen LogP contribution in [0.1, 0.15) is 5.56 Å². The number of nitrogens with zero attached hydrogens (tertiary/aromatic N) is 2. The minimum atomic E-state index is -4.23. The van der Waals surface area contributed by atoms with Crippen LogP contribution in [0, 0.1) is 10.1 Å². The average Bonchev–Trinajstić information content (AvgIpc) is 2.79. The number of non-ortho nitro benzene ring substituents is 1. The van der Waals surface area contributed by atoms with E-state index in [9.17, 15) is 18.5 Å². The first-order valence-electron chi connectivity index (χ1n) is 9.34. The van der Waals surface area contributed by atoms with Crippen molar-refractivity contribution in [3.05, 3.63) is 105 Å². The minimum Gasteiger partial charge on any atom is -0.378 e. The van der Waals surface area contributed by atoms with Gasteiger partial charge in [-0.2, -0.15) is 8.42 Å². The Labute approximate surface area is 192 Å². The summed E-state index contributed by atoms with van der Waals surface area (Å²) >= 11 is 3.38. The standard InChI is InChI=1S/C23H15BrN2O5S/c24-17-6-8-18(9-7-17)25-15-22-21-4-2-1-3-16(21)5-14-23(22)31-32(29,30)20-12-10-19(11-13-20)26(27)28/h1-15H. The highest BCUT2D eigenvalue weighted by molar-refractivity contribution is 9.10. The number of benzene rings is 4. The quantitative estimate of drug-likeness (QED) is 0.136. The minimum absolute atomic E-state index is 0.0999. The number of nitro groups is 1. The second-order valence-corrected chi connectivity index (χ2v) is 9.18. The lowest BCUT2D eigenvalue weighted by Crippen LogP contribution is -2.11. The molecule has 0 amide bonds. The van der Waals surface area contributed by atoms with Crippen LogP contribution < -0.4 is 4.18 Å². The average molecular weight is 511 g/mol. The summed E-state index contributed by atoms with van der Waals surface area (Å²) in [6.07, 6.45) is 1.56. The molecule has 0 aliphatic rings. The summed E-state index contributed by atoms with van der Waals surface area (Å²) in [6, 6.07) is 22.7. The lowest BCUT2D eigenvalue weighted by atomic mass is 10.0. The van der Waals surface area contributed by atoms with E-state index in [1.807, 2.05) is 48.5 Å². The van der Waals surface area contributed by atoms with Gasteiger partial charge in [-0.05, 0) is 53.2 Å². The zero-order valence-corrected chi connectivity index (χ0v) is 18.8. The fraction of sp³-hybridized carbons (Fsp3) is 0. The van der Waals surface area contributed by atoms with Crippen molar-refractivity contribution in [3.8, 4) is 5.75 Å². The summed E-state index contributed by atoms with van der Waals surface area (Å²) in [5, 5.41) is 12.5. The Hall–Kier alpha value is -3.56. The third-order valence-corrected chi connectivity index (χ3v) is 6.41. The van der Waals surface area contributed by atoms with Crippen LogP contribution in [-0.4, -0.2) is 19.6 Å². The molecule has 0 atom stereocenters. The Balaban J connectivity index is 1.75. The van der Waals surface area contributed by atoms with E-state index in [1.165, 1.54) is 0 Å². The van der Waals surface area contributed by atoms with Gasteiger partial charge in [0.05, 0.1) is 10.6 Å². The maximum absolute atomic E-state index is 12.8. The summed E-state index contributed by atoms with van der Waals surface area (Å²) in [6.45, 7) is 0. The Morgan fingerprint density at radius 3 is 2.28 bits per heavy atom. The van der Waals surface area contributed by atoms with Gasteiger partial charge in [0, 0.05) is 28.4 Å².